The van der Waals surface area contributed by atoms with Gasteiger partial charge in [-0.2, -0.15) is 0 Å². The van der Waals surface area contributed by atoms with Crippen molar-refractivity contribution in [2.75, 3.05) is 7.11 Å². The summed E-state index contributed by atoms with van der Waals surface area (Å²) in [6.07, 6.45) is 1.02. The van der Waals surface area contributed by atoms with Gasteiger partial charge in [0.15, 0.2) is 0 Å². The van der Waals surface area contributed by atoms with Crippen molar-refractivity contribution >= 4 is 29.9 Å². The van der Waals surface area contributed by atoms with Crippen molar-refractivity contribution in [2.45, 2.75) is 38.8 Å². The largest absolute Gasteiger partial charge is 0.497 e. The molecule has 2 atom stereocenters. The van der Waals surface area contributed by atoms with Crippen molar-refractivity contribution in [3.8, 4) is 5.75 Å². The van der Waals surface area contributed by atoms with Gasteiger partial charge in [0.25, 0.3) is 0 Å². The number of carbonyl (C=O) groups excluding carboxylic acids is 1. The van der Waals surface area contributed by atoms with Crippen LogP contribution in [0.3, 0.4) is 0 Å². The van der Waals surface area contributed by atoms with Crippen LogP contribution in [0, 0.1) is 6.92 Å². The molecule has 0 saturated heterocycles. The summed E-state index contributed by atoms with van der Waals surface area (Å²) in [5, 5.41) is 3.72. The second-order valence-electron chi connectivity index (χ2n) is 6.26. The van der Waals surface area contributed by atoms with Gasteiger partial charge in [-0.05, 0) is 55.2 Å². The number of ether oxygens (including phenoxy) is 1. The van der Waals surface area contributed by atoms with E-state index >= 15 is 0 Å². The van der Waals surface area contributed by atoms with Crippen molar-refractivity contribution in [2.24, 2.45) is 5.73 Å². The van der Waals surface area contributed by atoms with E-state index in [0.717, 1.165) is 22.4 Å². The predicted molar refractivity (Wildman–Crippen MR) is 109 cm³/mol. The zero-order chi connectivity index (χ0) is 18.4. The lowest BCUT2D eigenvalue weighted by molar-refractivity contribution is -0.121. The molecule has 0 radical (unpaired) electrons. The average molecular weight is 397 g/mol. The number of amides is 1. The van der Waals surface area contributed by atoms with E-state index in [9.17, 15) is 4.79 Å². The van der Waals surface area contributed by atoms with Gasteiger partial charge in [-0.3, -0.25) is 4.79 Å². The van der Waals surface area contributed by atoms with Crippen LogP contribution in [-0.4, -0.2) is 19.1 Å². The normalized spacial score (nSPS) is 12.7. The van der Waals surface area contributed by atoms with Crippen molar-refractivity contribution < 1.29 is 9.53 Å². The molecule has 2 rings (SSSR count). The third kappa shape index (κ3) is 5.90. The van der Waals surface area contributed by atoms with Gasteiger partial charge in [0.05, 0.1) is 13.2 Å². The molecule has 0 aliphatic rings. The van der Waals surface area contributed by atoms with Gasteiger partial charge in [0, 0.05) is 17.5 Å². The summed E-state index contributed by atoms with van der Waals surface area (Å²) in [6.45, 7) is 3.89. The maximum atomic E-state index is 12.4. The van der Waals surface area contributed by atoms with Gasteiger partial charge in [-0.1, -0.05) is 35.9 Å². The van der Waals surface area contributed by atoms with E-state index < -0.39 is 0 Å². The third-order valence-electron chi connectivity index (χ3n) is 4.14. The maximum absolute atomic E-state index is 12.4. The lowest BCUT2D eigenvalue weighted by atomic mass is 9.94. The lowest BCUT2D eigenvalue weighted by Crippen LogP contribution is -2.31. The molecule has 0 fully saturated rings. The smallest absolute Gasteiger partial charge is 0.220 e. The summed E-state index contributed by atoms with van der Waals surface area (Å²) in [4.78, 5) is 12.4. The standard InChI is InChI=1S/C20H25ClN2O2.ClH/c1-13-12-15(25-3)9-10-16(13)20(17-6-4-5-7-18(17)21)23-19(24)11-8-14(2)22;/h4-7,9-10,12,14,20H,8,11,22H2,1-3H3,(H,23,24);1H. The van der Waals surface area contributed by atoms with Crippen LogP contribution >= 0.6 is 24.0 Å². The molecule has 0 spiro atoms. The van der Waals surface area contributed by atoms with Crippen LogP contribution < -0.4 is 15.8 Å². The van der Waals surface area contributed by atoms with Gasteiger partial charge >= 0.3 is 0 Å². The van der Waals surface area contributed by atoms with Crippen LogP contribution in [0.5, 0.6) is 5.75 Å². The summed E-state index contributed by atoms with van der Waals surface area (Å²) >= 11 is 6.39. The molecule has 3 N–H and O–H groups in total. The zero-order valence-electron chi connectivity index (χ0n) is 15.3. The molecule has 0 aromatic heterocycles. The molecule has 0 saturated carbocycles. The molecule has 6 heteroatoms. The van der Waals surface area contributed by atoms with Crippen LogP contribution in [0.2, 0.25) is 5.02 Å². The fraction of sp³-hybridized carbons (Fsp3) is 0.350. The number of hydrogen-bond donors (Lipinski definition) is 2. The Morgan fingerprint density at radius 2 is 1.92 bits per heavy atom. The van der Waals surface area contributed by atoms with E-state index in [1.165, 1.54) is 0 Å². The quantitative estimate of drug-likeness (QED) is 0.727. The minimum Gasteiger partial charge on any atom is -0.497 e. The SMILES string of the molecule is COc1ccc(C(NC(=O)CCC(C)N)c2ccccc2Cl)c(C)c1.Cl. The lowest BCUT2D eigenvalue weighted by Gasteiger charge is -2.23. The molecule has 0 bridgehead atoms. The highest BCUT2D eigenvalue weighted by atomic mass is 35.5. The summed E-state index contributed by atoms with van der Waals surface area (Å²) in [7, 11) is 1.63. The second-order valence-corrected chi connectivity index (χ2v) is 6.67. The first-order valence-corrected chi connectivity index (χ1v) is 8.74. The summed E-state index contributed by atoms with van der Waals surface area (Å²) < 4.78 is 5.28. The average Bonchev–Trinajstić information content (AvgIpc) is 2.59. The Morgan fingerprint density at radius 1 is 1.23 bits per heavy atom. The number of aryl methyl sites for hydroxylation is 1. The molecule has 4 nitrogen and oxygen atoms in total. The topological polar surface area (TPSA) is 64.3 Å². The number of benzene rings is 2. The van der Waals surface area contributed by atoms with Gasteiger partial charge in [-0.25, -0.2) is 0 Å². The molecule has 2 unspecified atom stereocenters. The number of nitrogens with one attached hydrogen (secondary N) is 1. The molecule has 142 valence electrons. The fourth-order valence-electron chi connectivity index (χ4n) is 2.72. The van der Waals surface area contributed by atoms with E-state index in [1.54, 1.807) is 7.11 Å². The Hall–Kier alpha value is -1.75. The van der Waals surface area contributed by atoms with E-state index in [-0.39, 0.29) is 30.4 Å². The number of nitrogens with two attached hydrogens (primary N) is 1. The van der Waals surface area contributed by atoms with Gasteiger partial charge < -0.3 is 15.8 Å². The van der Waals surface area contributed by atoms with Crippen molar-refractivity contribution in [3.63, 3.8) is 0 Å². The van der Waals surface area contributed by atoms with E-state index in [4.69, 9.17) is 22.1 Å². The van der Waals surface area contributed by atoms with Gasteiger partial charge in [0.2, 0.25) is 5.91 Å². The third-order valence-corrected chi connectivity index (χ3v) is 4.48. The van der Waals surface area contributed by atoms with Crippen LogP contribution in [0.1, 0.15) is 42.5 Å². The molecule has 26 heavy (non-hydrogen) atoms. The van der Waals surface area contributed by atoms with Gasteiger partial charge in [0.1, 0.15) is 5.75 Å². The summed E-state index contributed by atoms with van der Waals surface area (Å²) in [5.41, 5.74) is 8.64. The van der Waals surface area contributed by atoms with Crippen LogP contribution in [0.4, 0.5) is 0 Å². The minimum absolute atomic E-state index is 0. The molecule has 2 aromatic carbocycles. The van der Waals surface area contributed by atoms with Crippen LogP contribution in [0.15, 0.2) is 42.5 Å². The maximum Gasteiger partial charge on any atom is 0.220 e. The molecule has 0 aliphatic heterocycles. The van der Waals surface area contributed by atoms with Crippen LogP contribution in [-0.2, 0) is 4.79 Å². The molecular formula is C20H26Cl2N2O2. The molecule has 2 aromatic rings. The van der Waals surface area contributed by atoms with E-state index in [2.05, 4.69) is 5.32 Å². The number of hydrogen-bond acceptors (Lipinski definition) is 3. The highest BCUT2D eigenvalue weighted by Gasteiger charge is 2.21. The van der Waals surface area contributed by atoms with Crippen molar-refractivity contribution in [3.05, 3.63) is 64.2 Å². The first kappa shape index (κ1) is 22.3. The Kier molecular flexibility index (Phi) is 8.93. The van der Waals surface area contributed by atoms with E-state index in [1.807, 2.05) is 56.3 Å². The highest BCUT2D eigenvalue weighted by Crippen LogP contribution is 2.31. The second kappa shape index (κ2) is 10.4. The summed E-state index contributed by atoms with van der Waals surface area (Å²) in [5.74, 6) is 0.736. The van der Waals surface area contributed by atoms with Crippen molar-refractivity contribution in [1.29, 1.82) is 0 Å². The summed E-state index contributed by atoms with van der Waals surface area (Å²) in [6, 6.07) is 13.0. The first-order chi connectivity index (χ1) is 11.9. The molecule has 1 amide bonds. The van der Waals surface area contributed by atoms with Crippen LogP contribution in [0.25, 0.3) is 0 Å². The Labute approximate surface area is 166 Å². The number of carbonyl (C=O) groups is 1. The monoisotopic (exact) mass is 396 g/mol. The number of rotatable bonds is 7. The minimum atomic E-state index is -0.319. The Bertz CT molecular complexity index is 736. The molecular weight excluding hydrogens is 371 g/mol. The molecule has 0 heterocycles. The van der Waals surface area contributed by atoms with Gasteiger partial charge in [-0.15, -0.1) is 12.4 Å². The number of halogens is 2. The predicted octanol–water partition coefficient (Wildman–Crippen LogP) is 4.41. The Balaban J connectivity index is 0.00000338. The van der Waals surface area contributed by atoms with Crippen molar-refractivity contribution in [1.82, 2.24) is 5.32 Å². The zero-order valence-corrected chi connectivity index (χ0v) is 16.9. The highest BCUT2D eigenvalue weighted by molar-refractivity contribution is 6.31. The molecule has 0 aliphatic carbocycles. The fourth-order valence-corrected chi connectivity index (χ4v) is 2.97. The first-order valence-electron chi connectivity index (χ1n) is 8.36. The number of methoxy groups -OCH3 is 1. The van der Waals surface area contributed by atoms with E-state index in [0.29, 0.717) is 17.9 Å². The Morgan fingerprint density at radius 3 is 2.50 bits per heavy atom.